The number of benzene rings is 1. The highest BCUT2D eigenvalue weighted by atomic mass is 32.2. The molecule has 1 unspecified atom stereocenters. The maximum absolute atomic E-state index is 12.5. The molecule has 1 amide bonds. The molecular weight excluding hydrogens is 369 g/mol. The van der Waals surface area contributed by atoms with E-state index < -0.39 is 11.7 Å². The molecule has 0 fully saturated rings. The van der Waals surface area contributed by atoms with E-state index >= 15 is 0 Å². The van der Waals surface area contributed by atoms with Crippen LogP contribution in [0.15, 0.2) is 47.6 Å². The molecule has 2 aromatic rings. The zero-order valence-electron chi connectivity index (χ0n) is 13.5. The van der Waals surface area contributed by atoms with Crippen molar-refractivity contribution in [2.75, 3.05) is 18.9 Å². The van der Waals surface area contributed by atoms with Crippen LogP contribution in [0.4, 0.5) is 13.2 Å². The van der Waals surface area contributed by atoms with Crippen molar-refractivity contribution in [2.24, 2.45) is 0 Å². The van der Waals surface area contributed by atoms with Crippen molar-refractivity contribution in [3.8, 4) is 11.5 Å². The second-order valence-corrected chi connectivity index (χ2v) is 6.47. The van der Waals surface area contributed by atoms with Gasteiger partial charge in [-0.05, 0) is 24.3 Å². The van der Waals surface area contributed by atoms with E-state index in [-0.39, 0.29) is 24.3 Å². The Labute approximate surface area is 151 Å². The van der Waals surface area contributed by atoms with Crippen LogP contribution in [-0.2, 0) is 11.0 Å². The number of nitrogens with zero attached hydrogens (tertiary/aromatic N) is 1. The van der Waals surface area contributed by atoms with Gasteiger partial charge >= 0.3 is 6.18 Å². The molecule has 1 aliphatic rings. The minimum absolute atomic E-state index is 0.0442. The van der Waals surface area contributed by atoms with E-state index in [1.54, 1.807) is 12.1 Å². The number of carbonyl (C=O) groups excluding carboxylic acids is 1. The first-order valence-electron chi connectivity index (χ1n) is 7.73. The molecule has 138 valence electrons. The summed E-state index contributed by atoms with van der Waals surface area (Å²) in [6, 6.07) is 9.45. The van der Waals surface area contributed by atoms with Gasteiger partial charge in [-0.15, -0.1) is 0 Å². The van der Waals surface area contributed by atoms with Crippen LogP contribution in [0.3, 0.4) is 0 Å². The largest absolute Gasteiger partial charge is 0.486 e. The fourth-order valence-electron chi connectivity index (χ4n) is 2.22. The fraction of sp³-hybridized carbons (Fsp3) is 0.294. The van der Waals surface area contributed by atoms with Crippen LogP contribution in [0.25, 0.3) is 0 Å². The molecule has 0 saturated carbocycles. The van der Waals surface area contributed by atoms with Crippen LogP contribution in [0.1, 0.15) is 5.56 Å². The Morgan fingerprint density at radius 3 is 2.69 bits per heavy atom. The molecule has 0 saturated heterocycles. The Bertz CT molecular complexity index is 769. The normalized spacial score (nSPS) is 16.2. The molecule has 0 aliphatic carbocycles. The highest BCUT2D eigenvalue weighted by Crippen LogP contribution is 2.31. The van der Waals surface area contributed by atoms with Crippen molar-refractivity contribution in [1.82, 2.24) is 10.3 Å². The first-order chi connectivity index (χ1) is 12.4. The second kappa shape index (κ2) is 7.86. The summed E-state index contributed by atoms with van der Waals surface area (Å²) in [6.45, 7) is 0.596. The van der Waals surface area contributed by atoms with Gasteiger partial charge in [0.1, 0.15) is 12.7 Å². The molecule has 9 heteroatoms. The second-order valence-electron chi connectivity index (χ2n) is 5.47. The van der Waals surface area contributed by atoms with Gasteiger partial charge in [0.2, 0.25) is 5.91 Å². The van der Waals surface area contributed by atoms with Crippen LogP contribution in [0.2, 0.25) is 0 Å². The molecule has 0 radical (unpaired) electrons. The number of thioether (sulfide) groups is 1. The molecule has 1 aliphatic heterocycles. The summed E-state index contributed by atoms with van der Waals surface area (Å²) in [4.78, 5) is 15.6. The Morgan fingerprint density at radius 2 is 2.00 bits per heavy atom. The number of alkyl halides is 3. The van der Waals surface area contributed by atoms with Gasteiger partial charge in [0.25, 0.3) is 0 Å². The van der Waals surface area contributed by atoms with E-state index in [4.69, 9.17) is 9.47 Å². The number of carbonyl (C=O) groups is 1. The van der Waals surface area contributed by atoms with E-state index in [2.05, 4.69) is 10.3 Å². The number of rotatable bonds is 5. The summed E-state index contributed by atoms with van der Waals surface area (Å²) >= 11 is 1.06. The molecule has 1 aromatic carbocycles. The van der Waals surface area contributed by atoms with Gasteiger partial charge in [-0.25, -0.2) is 4.98 Å². The molecule has 0 bridgehead atoms. The third kappa shape index (κ3) is 4.81. The topological polar surface area (TPSA) is 60.5 Å². The average molecular weight is 384 g/mol. The maximum atomic E-state index is 12.5. The van der Waals surface area contributed by atoms with Crippen LogP contribution >= 0.6 is 11.8 Å². The molecule has 5 nitrogen and oxygen atoms in total. The number of ether oxygens (including phenoxy) is 2. The monoisotopic (exact) mass is 384 g/mol. The minimum Gasteiger partial charge on any atom is -0.486 e. The number of amides is 1. The SMILES string of the molecule is O=C(CSc1ccc(C(F)(F)F)cn1)NCC1COc2ccccc2O1. The summed E-state index contributed by atoms with van der Waals surface area (Å²) in [7, 11) is 0. The summed E-state index contributed by atoms with van der Waals surface area (Å²) in [5, 5.41) is 3.06. The zero-order valence-corrected chi connectivity index (χ0v) is 14.3. The van der Waals surface area contributed by atoms with Gasteiger partial charge in [-0.2, -0.15) is 13.2 Å². The van der Waals surface area contributed by atoms with Gasteiger partial charge in [-0.1, -0.05) is 23.9 Å². The molecular formula is C17H15F3N2O3S. The van der Waals surface area contributed by atoms with Gasteiger partial charge in [0.05, 0.1) is 22.9 Å². The van der Waals surface area contributed by atoms with Crippen molar-refractivity contribution < 1.29 is 27.4 Å². The molecule has 1 N–H and O–H groups in total. The maximum Gasteiger partial charge on any atom is 0.417 e. The van der Waals surface area contributed by atoms with Crippen molar-refractivity contribution >= 4 is 17.7 Å². The van der Waals surface area contributed by atoms with Gasteiger partial charge < -0.3 is 14.8 Å². The number of nitrogens with one attached hydrogen (secondary N) is 1. The summed E-state index contributed by atoms with van der Waals surface area (Å²) < 4.78 is 48.7. The minimum atomic E-state index is -4.42. The zero-order chi connectivity index (χ0) is 18.6. The van der Waals surface area contributed by atoms with Gasteiger partial charge in [0, 0.05) is 6.20 Å². The quantitative estimate of drug-likeness (QED) is 0.803. The molecule has 0 spiro atoms. The smallest absolute Gasteiger partial charge is 0.417 e. The third-order valence-electron chi connectivity index (χ3n) is 3.51. The molecule has 1 aromatic heterocycles. The number of pyridine rings is 1. The number of halogens is 3. The lowest BCUT2D eigenvalue weighted by Gasteiger charge is -2.26. The van der Waals surface area contributed by atoms with Crippen molar-refractivity contribution in [3.05, 3.63) is 48.2 Å². The predicted molar refractivity (Wildman–Crippen MR) is 89.3 cm³/mol. The Hall–Kier alpha value is -2.42. The summed E-state index contributed by atoms with van der Waals surface area (Å²) in [6.07, 6.45) is -3.97. The van der Waals surface area contributed by atoms with E-state index in [0.29, 0.717) is 23.1 Å². The predicted octanol–water partition coefficient (Wildman–Crippen LogP) is 3.15. The molecule has 2 heterocycles. The van der Waals surface area contributed by atoms with Gasteiger partial charge in [0.15, 0.2) is 11.5 Å². The van der Waals surface area contributed by atoms with E-state index in [1.807, 2.05) is 12.1 Å². The lowest BCUT2D eigenvalue weighted by atomic mass is 10.2. The van der Waals surface area contributed by atoms with E-state index in [0.717, 1.165) is 24.0 Å². The van der Waals surface area contributed by atoms with Crippen molar-refractivity contribution in [2.45, 2.75) is 17.3 Å². The highest BCUT2D eigenvalue weighted by Gasteiger charge is 2.30. The molecule has 3 rings (SSSR count). The van der Waals surface area contributed by atoms with Crippen LogP contribution in [0, 0.1) is 0 Å². The van der Waals surface area contributed by atoms with Crippen LogP contribution in [-0.4, -0.2) is 35.9 Å². The first-order valence-corrected chi connectivity index (χ1v) is 8.71. The number of aromatic nitrogens is 1. The van der Waals surface area contributed by atoms with Crippen LogP contribution in [0.5, 0.6) is 11.5 Å². The number of fused-ring (bicyclic) bond motifs is 1. The molecule has 1 atom stereocenters. The number of hydrogen-bond acceptors (Lipinski definition) is 5. The highest BCUT2D eigenvalue weighted by molar-refractivity contribution is 7.99. The summed E-state index contributed by atoms with van der Waals surface area (Å²) in [5.41, 5.74) is -0.818. The standard InChI is InChI=1S/C17H15F3N2O3S/c18-17(19,20)11-5-6-16(22-7-11)26-10-15(23)21-8-12-9-24-13-3-1-2-4-14(13)25-12/h1-7,12H,8-10H2,(H,21,23). The summed E-state index contributed by atoms with van der Waals surface area (Å²) in [5.74, 6) is 1.07. The van der Waals surface area contributed by atoms with Crippen molar-refractivity contribution in [1.29, 1.82) is 0 Å². The van der Waals surface area contributed by atoms with E-state index in [9.17, 15) is 18.0 Å². The lowest BCUT2D eigenvalue weighted by molar-refractivity contribution is -0.137. The Balaban J connectivity index is 1.42. The Kier molecular flexibility index (Phi) is 5.55. The Morgan fingerprint density at radius 1 is 1.23 bits per heavy atom. The lowest BCUT2D eigenvalue weighted by Crippen LogP contribution is -2.41. The fourth-order valence-corrected chi connectivity index (χ4v) is 2.89. The third-order valence-corrected chi connectivity index (χ3v) is 4.45. The molecule has 26 heavy (non-hydrogen) atoms. The average Bonchev–Trinajstić information content (AvgIpc) is 2.64. The van der Waals surface area contributed by atoms with Gasteiger partial charge in [-0.3, -0.25) is 4.79 Å². The van der Waals surface area contributed by atoms with Crippen LogP contribution < -0.4 is 14.8 Å². The van der Waals surface area contributed by atoms with Crippen molar-refractivity contribution in [3.63, 3.8) is 0 Å². The van der Waals surface area contributed by atoms with E-state index in [1.165, 1.54) is 6.07 Å². The number of para-hydroxylation sites is 2. The number of hydrogen-bond donors (Lipinski definition) is 1. The first kappa shape index (κ1) is 18.4.